The predicted octanol–water partition coefficient (Wildman–Crippen LogP) is 18.4. The van der Waals surface area contributed by atoms with Crippen molar-refractivity contribution < 1.29 is 8.83 Å². The molecule has 376 valence electrons. The van der Waals surface area contributed by atoms with Crippen molar-refractivity contribution in [3.05, 3.63) is 279 Å². The highest BCUT2D eigenvalue weighted by atomic mass is 16.4. The number of hydrogen-bond donors (Lipinski definition) is 0. The van der Waals surface area contributed by atoms with E-state index in [0.717, 1.165) is 123 Å². The van der Waals surface area contributed by atoms with E-state index in [-0.39, 0.29) is 0 Å². The van der Waals surface area contributed by atoms with Crippen LogP contribution in [0.1, 0.15) is 0 Å². The maximum atomic E-state index is 6.07. The zero-order valence-electron chi connectivity index (χ0n) is 43.1. The fourth-order valence-electron chi connectivity index (χ4n) is 10.3. The minimum absolute atomic E-state index is 0.470. The van der Waals surface area contributed by atoms with Crippen LogP contribution in [0, 0.1) is 0 Å². The first-order valence-electron chi connectivity index (χ1n) is 26.5. The molecule has 3 aromatic heterocycles. The van der Waals surface area contributed by atoms with Gasteiger partial charge in [-0.1, -0.05) is 206 Å². The van der Waals surface area contributed by atoms with Gasteiger partial charge in [0.2, 0.25) is 23.6 Å². The highest BCUT2D eigenvalue weighted by Crippen LogP contribution is 2.41. The van der Waals surface area contributed by atoms with Crippen molar-refractivity contribution in [1.82, 2.24) is 30.4 Å². The van der Waals surface area contributed by atoms with Gasteiger partial charge < -0.3 is 8.83 Å². The van der Waals surface area contributed by atoms with Gasteiger partial charge in [0.25, 0.3) is 0 Å². The lowest BCUT2D eigenvalue weighted by Gasteiger charge is -2.17. The molecule has 80 heavy (non-hydrogen) atoms. The molecule has 0 aliphatic heterocycles. The second-order valence-electron chi connectivity index (χ2n) is 19.6. The Bertz CT molecular complexity index is 4180. The van der Waals surface area contributed by atoms with Gasteiger partial charge in [-0.3, -0.25) is 0 Å². The lowest BCUT2D eigenvalue weighted by atomic mass is 9.90. The summed E-state index contributed by atoms with van der Waals surface area (Å²) in [5.74, 6) is 1.91. The molecular weight excluding hydrogens is 981 g/mol. The summed E-state index contributed by atoms with van der Waals surface area (Å²) in [6.07, 6.45) is 0. The Morgan fingerprint density at radius 2 is 0.425 bits per heavy atom. The molecule has 14 aromatic rings. The fourth-order valence-corrected chi connectivity index (χ4v) is 10.3. The molecule has 0 N–H and O–H groups in total. The third kappa shape index (κ3) is 9.54. The van der Waals surface area contributed by atoms with Crippen LogP contribution in [0.15, 0.2) is 288 Å². The minimum atomic E-state index is 0.470. The summed E-state index contributed by atoms with van der Waals surface area (Å²) in [5.41, 5.74) is 21.6. The zero-order valence-corrected chi connectivity index (χ0v) is 43.1. The molecule has 11 aromatic carbocycles. The lowest BCUT2D eigenvalue weighted by molar-refractivity contribution is 0.584. The average Bonchev–Trinajstić information content (AvgIpc) is 4.28. The van der Waals surface area contributed by atoms with E-state index in [0.29, 0.717) is 23.6 Å². The maximum Gasteiger partial charge on any atom is 0.248 e. The van der Waals surface area contributed by atoms with Crippen LogP contribution in [0.2, 0.25) is 0 Å². The Labute approximate surface area is 462 Å². The number of nitrogens with zero attached hydrogens (tertiary/aromatic N) is 6. The second-order valence-corrected chi connectivity index (χ2v) is 19.6. The van der Waals surface area contributed by atoms with Gasteiger partial charge >= 0.3 is 0 Å². The summed E-state index contributed by atoms with van der Waals surface area (Å²) in [6.45, 7) is 0. The standard InChI is InChI=1S/C72H46N6O2/c1-5-15-47(16-6-1)59-23-13-25-61(43-59)63-45-65-66(46-64(63)62-26-14-24-60(44-62)48-17-7-2-8-18-48)74-68(54-37-29-50(30-38-54)52-33-41-58(42-34-52)72-78-76-70(80-72)56-21-11-4-12-22-56)67(73-65)53-35-27-49(28-36-53)51-31-39-57(40-32-51)71-77-75-69(79-71)55-19-9-3-10-20-55/h1-46H. The van der Waals surface area contributed by atoms with E-state index < -0.39 is 0 Å². The smallest absolute Gasteiger partial charge is 0.248 e. The SMILES string of the molecule is c1ccc(-c2cccc(-c3cc4nc(-c5ccc(-c6ccc(-c7nnc(-c8ccccc8)o7)cc6)cc5)c(-c5ccc(-c6ccc(-c7nnc(-c8ccccc8)o7)cc6)cc5)nc4cc3-c3cccc(-c4ccccc4)c3)c2)cc1. The molecule has 0 aliphatic rings. The van der Waals surface area contributed by atoms with Gasteiger partial charge in [-0.15, -0.1) is 20.4 Å². The molecular formula is C72H46N6O2. The van der Waals surface area contributed by atoms with Crippen molar-refractivity contribution in [3.8, 4) is 135 Å². The van der Waals surface area contributed by atoms with E-state index in [9.17, 15) is 0 Å². The van der Waals surface area contributed by atoms with E-state index in [4.69, 9.17) is 18.8 Å². The number of hydrogen-bond acceptors (Lipinski definition) is 8. The Morgan fingerprint density at radius 3 is 0.750 bits per heavy atom. The molecule has 0 saturated carbocycles. The van der Waals surface area contributed by atoms with Crippen LogP contribution in [0.25, 0.3) is 146 Å². The number of benzene rings is 11. The Balaban J connectivity index is 0.859. The first-order valence-corrected chi connectivity index (χ1v) is 26.5. The highest BCUT2D eigenvalue weighted by molar-refractivity contribution is 5.97. The third-order valence-corrected chi connectivity index (χ3v) is 14.5. The van der Waals surface area contributed by atoms with Crippen LogP contribution in [0.5, 0.6) is 0 Å². The molecule has 3 heterocycles. The molecule has 0 aliphatic carbocycles. The molecule has 0 spiro atoms. The lowest BCUT2D eigenvalue weighted by Crippen LogP contribution is -1.98. The van der Waals surface area contributed by atoms with Gasteiger partial charge in [0, 0.05) is 33.4 Å². The summed E-state index contributed by atoms with van der Waals surface area (Å²) >= 11 is 0. The average molecular weight is 1030 g/mol. The number of aromatic nitrogens is 6. The molecule has 8 nitrogen and oxygen atoms in total. The highest BCUT2D eigenvalue weighted by Gasteiger charge is 2.20. The van der Waals surface area contributed by atoms with Crippen molar-refractivity contribution in [3.63, 3.8) is 0 Å². The van der Waals surface area contributed by atoms with Crippen LogP contribution in [0.3, 0.4) is 0 Å². The third-order valence-electron chi connectivity index (χ3n) is 14.5. The molecule has 14 rings (SSSR count). The molecule has 0 saturated heterocycles. The van der Waals surface area contributed by atoms with Crippen LogP contribution >= 0.6 is 0 Å². The molecule has 0 bridgehead atoms. The molecule has 8 heteroatoms. The summed E-state index contributed by atoms with van der Waals surface area (Å²) < 4.78 is 12.1. The van der Waals surface area contributed by atoms with Crippen molar-refractivity contribution >= 4 is 11.0 Å². The quantitative estimate of drug-likeness (QED) is 0.119. The van der Waals surface area contributed by atoms with E-state index >= 15 is 0 Å². The van der Waals surface area contributed by atoms with E-state index in [1.165, 1.54) is 0 Å². The van der Waals surface area contributed by atoms with E-state index in [2.05, 4.69) is 215 Å². The second kappa shape index (κ2) is 20.9. The van der Waals surface area contributed by atoms with Gasteiger partial charge in [0.15, 0.2) is 0 Å². The van der Waals surface area contributed by atoms with Gasteiger partial charge in [-0.2, -0.15) is 0 Å². The number of rotatable bonds is 12. The monoisotopic (exact) mass is 1030 g/mol. The van der Waals surface area contributed by atoms with E-state index in [1.807, 2.05) is 84.9 Å². The topological polar surface area (TPSA) is 104 Å². The normalized spacial score (nSPS) is 11.2. The molecule has 0 fully saturated rings. The molecule has 0 atom stereocenters. The number of fused-ring (bicyclic) bond motifs is 1. The van der Waals surface area contributed by atoms with Crippen LogP contribution in [-0.4, -0.2) is 30.4 Å². The minimum Gasteiger partial charge on any atom is -0.416 e. The van der Waals surface area contributed by atoms with Gasteiger partial charge in [0.05, 0.1) is 22.4 Å². The molecule has 0 radical (unpaired) electrons. The molecule has 0 unspecified atom stereocenters. The van der Waals surface area contributed by atoms with Crippen LogP contribution in [-0.2, 0) is 0 Å². The largest absolute Gasteiger partial charge is 0.416 e. The summed E-state index contributed by atoms with van der Waals surface area (Å²) in [6, 6.07) is 96.2. The molecule has 0 amide bonds. The van der Waals surface area contributed by atoms with Crippen LogP contribution < -0.4 is 0 Å². The van der Waals surface area contributed by atoms with Gasteiger partial charge in [-0.05, 0) is 140 Å². The van der Waals surface area contributed by atoms with Crippen LogP contribution in [0.4, 0.5) is 0 Å². The summed E-state index contributed by atoms with van der Waals surface area (Å²) in [7, 11) is 0. The Hall–Kier alpha value is -11.0. The first kappa shape index (κ1) is 47.5. The van der Waals surface area contributed by atoms with Crippen molar-refractivity contribution in [2.24, 2.45) is 0 Å². The first-order chi connectivity index (χ1) is 39.6. The fraction of sp³-hybridized carbons (Fsp3) is 0. The maximum absolute atomic E-state index is 6.07. The van der Waals surface area contributed by atoms with Crippen molar-refractivity contribution in [2.75, 3.05) is 0 Å². The van der Waals surface area contributed by atoms with Gasteiger partial charge in [0.1, 0.15) is 0 Å². The van der Waals surface area contributed by atoms with Gasteiger partial charge in [-0.25, -0.2) is 9.97 Å². The predicted molar refractivity (Wildman–Crippen MR) is 320 cm³/mol. The summed E-state index contributed by atoms with van der Waals surface area (Å²) in [5, 5.41) is 17.3. The van der Waals surface area contributed by atoms with Crippen molar-refractivity contribution in [1.29, 1.82) is 0 Å². The van der Waals surface area contributed by atoms with E-state index in [1.54, 1.807) is 0 Å². The Morgan fingerprint density at radius 1 is 0.188 bits per heavy atom. The zero-order chi connectivity index (χ0) is 53.2. The summed E-state index contributed by atoms with van der Waals surface area (Å²) in [4.78, 5) is 11.2. The van der Waals surface area contributed by atoms with Crippen molar-refractivity contribution in [2.45, 2.75) is 0 Å². The Kier molecular flexibility index (Phi) is 12.4.